The van der Waals surface area contributed by atoms with E-state index in [1.54, 1.807) is 47.7 Å². The van der Waals surface area contributed by atoms with Crippen molar-refractivity contribution in [2.24, 2.45) is 0 Å². The molecule has 0 spiro atoms. The number of hydrogen-bond acceptors (Lipinski definition) is 6. The average molecular weight is 627 g/mol. The second-order valence-corrected chi connectivity index (χ2v) is 6.87. The minimum absolute atomic E-state index is 0.286. The molecule has 6 heteroatoms. The van der Waals surface area contributed by atoms with E-state index in [-0.39, 0.29) is 5.97 Å². The van der Waals surface area contributed by atoms with Crippen LogP contribution in [0.5, 0.6) is 23.0 Å². The van der Waals surface area contributed by atoms with Crippen LogP contribution < -0.4 is 18.9 Å². The minimum Gasteiger partial charge on any atom is -0.497 e. The molecular weight excluding hydrogens is 564 g/mol. The van der Waals surface area contributed by atoms with Crippen LogP contribution in [0.25, 0.3) is 0 Å². The highest BCUT2D eigenvalue weighted by molar-refractivity contribution is 5.69. The number of ether oxygens (including phenoxy) is 5. The molecule has 45 heavy (non-hydrogen) atoms. The van der Waals surface area contributed by atoms with Crippen LogP contribution in [-0.2, 0) is 9.53 Å². The highest BCUT2D eigenvalue weighted by Gasteiger charge is 1.93. The highest BCUT2D eigenvalue weighted by atomic mass is 16.5. The van der Waals surface area contributed by atoms with Crippen LogP contribution in [0.2, 0.25) is 0 Å². The monoisotopic (exact) mass is 626 g/mol. The maximum absolute atomic E-state index is 10.4. The summed E-state index contributed by atoms with van der Waals surface area (Å²) in [4.78, 5) is 10.4. The first-order valence-electron chi connectivity index (χ1n) is 15.4. The molecule has 0 aromatic heterocycles. The summed E-state index contributed by atoms with van der Waals surface area (Å²) in [7, 11) is 8.24. The van der Waals surface area contributed by atoms with Crippen molar-refractivity contribution in [2.45, 2.75) is 62.3 Å². The summed E-state index contributed by atoms with van der Waals surface area (Å²) in [5, 5.41) is 0. The molecule has 0 atom stereocenters. The van der Waals surface area contributed by atoms with E-state index in [0.29, 0.717) is 5.75 Å². The van der Waals surface area contributed by atoms with Crippen molar-refractivity contribution in [1.82, 2.24) is 0 Å². The normalized spacial score (nSPS) is 7.51. The fourth-order valence-corrected chi connectivity index (χ4v) is 2.32. The SMILES string of the molecule is CC.CC.CC.CC.CC(=O)Oc1ccccc1.COC.COc1ccccc1.COc1ccccc1.COc1ccccc1. The van der Waals surface area contributed by atoms with Crippen molar-refractivity contribution in [1.29, 1.82) is 0 Å². The number of carbonyl (C=O) groups excluding carboxylic acids is 1. The Kier molecular flexibility index (Phi) is 52.2. The zero-order valence-electron chi connectivity index (χ0n) is 30.5. The second kappa shape index (κ2) is 46.7. The summed E-state index contributed by atoms with van der Waals surface area (Å²) >= 11 is 0. The van der Waals surface area contributed by atoms with Gasteiger partial charge in [-0.2, -0.15) is 0 Å². The third kappa shape index (κ3) is 39.7. The van der Waals surface area contributed by atoms with Gasteiger partial charge < -0.3 is 23.7 Å². The first-order valence-corrected chi connectivity index (χ1v) is 15.4. The predicted octanol–water partition coefficient (Wildman–Crippen LogP) is 11.1. The Morgan fingerprint density at radius 1 is 0.378 bits per heavy atom. The van der Waals surface area contributed by atoms with Crippen LogP contribution in [0.4, 0.5) is 0 Å². The van der Waals surface area contributed by atoms with E-state index in [9.17, 15) is 4.79 Å². The van der Waals surface area contributed by atoms with E-state index >= 15 is 0 Å². The maximum atomic E-state index is 10.4. The average Bonchev–Trinajstić information content (AvgIpc) is 3.14. The van der Waals surface area contributed by atoms with Gasteiger partial charge in [-0.05, 0) is 48.5 Å². The van der Waals surface area contributed by atoms with Crippen molar-refractivity contribution in [2.75, 3.05) is 35.5 Å². The standard InChI is InChI=1S/C8H8O2.3C7H8O.C2H6O.4C2H6/c1-7(9)10-8-5-3-2-4-6-8;3*1-8-7-5-3-2-4-6-7;1-3-2;4*1-2/h2-6H,1H3;3*2-6H,1H3;1-2H3;4*1-2H3. The lowest BCUT2D eigenvalue weighted by molar-refractivity contribution is -0.131. The smallest absolute Gasteiger partial charge is 0.308 e. The van der Waals surface area contributed by atoms with E-state index in [1.165, 1.54) is 6.92 Å². The Balaban J connectivity index is -0.000000143. The molecule has 4 aromatic carbocycles. The summed E-state index contributed by atoms with van der Waals surface area (Å²) in [6, 6.07) is 38.0. The van der Waals surface area contributed by atoms with Crippen LogP contribution in [0.1, 0.15) is 62.3 Å². The topological polar surface area (TPSA) is 63.2 Å². The van der Waals surface area contributed by atoms with Crippen LogP contribution >= 0.6 is 0 Å². The summed E-state index contributed by atoms with van der Waals surface area (Å²) < 4.78 is 23.8. The van der Waals surface area contributed by atoms with Crippen LogP contribution in [0, 0.1) is 0 Å². The van der Waals surface area contributed by atoms with E-state index in [4.69, 9.17) is 18.9 Å². The fourth-order valence-electron chi connectivity index (χ4n) is 2.32. The molecule has 0 unspecified atom stereocenters. The molecule has 0 saturated carbocycles. The Labute approximate surface area is 276 Å². The molecule has 0 heterocycles. The lowest BCUT2D eigenvalue weighted by atomic mass is 10.3. The molecule has 0 aliphatic carbocycles. The maximum Gasteiger partial charge on any atom is 0.308 e. The Hall–Kier alpha value is -4.29. The lowest BCUT2D eigenvalue weighted by Crippen LogP contribution is -2.00. The number of carbonyl (C=O) groups is 1. The van der Waals surface area contributed by atoms with E-state index in [1.807, 2.05) is 165 Å². The first kappa shape index (κ1) is 50.3. The van der Waals surface area contributed by atoms with Gasteiger partial charge in [0.2, 0.25) is 0 Å². The molecule has 0 aliphatic heterocycles. The predicted molar refractivity (Wildman–Crippen MR) is 195 cm³/mol. The van der Waals surface area contributed by atoms with Gasteiger partial charge in [-0.3, -0.25) is 4.79 Å². The largest absolute Gasteiger partial charge is 0.497 e. The van der Waals surface area contributed by atoms with E-state index in [2.05, 4.69) is 4.74 Å². The molecule has 4 aromatic rings. The van der Waals surface area contributed by atoms with Crippen molar-refractivity contribution in [3.05, 3.63) is 121 Å². The van der Waals surface area contributed by atoms with Gasteiger partial charge in [0.05, 0.1) is 21.3 Å². The van der Waals surface area contributed by atoms with Crippen molar-refractivity contribution in [3.63, 3.8) is 0 Å². The van der Waals surface area contributed by atoms with Gasteiger partial charge >= 0.3 is 5.97 Å². The van der Waals surface area contributed by atoms with Crippen LogP contribution in [0.15, 0.2) is 121 Å². The lowest BCUT2D eigenvalue weighted by Gasteiger charge is -1.97. The van der Waals surface area contributed by atoms with E-state index in [0.717, 1.165) is 17.2 Å². The van der Waals surface area contributed by atoms with Crippen molar-refractivity contribution in [3.8, 4) is 23.0 Å². The quantitative estimate of drug-likeness (QED) is 0.166. The Morgan fingerprint density at radius 3 is 0.689 bits per heavy atom. The summed E-state index contributed by atoms with van der Waals surface area (Å²) in [5.41, 5.74) is 0. The Bertz CT molecular complexity index is 918. The number of benzene rings is 4. The molecule has 0 saturated heterocycles. The number of esters is 1. The molecule has 0 aliphatic rings. The van der Waals surface area contributed by atoms with Gasteiger partial charge in [-0.25, -0.2) is 0 Å². The van der Waals surface area contributed by atoms with Crippen LogP contribution in [-0.4, -0.2) is 41.5 Å². The van der Waals surface area contributed by atoms with Crippen LogP contribution in [0.3, 0.4) is 0 Å². The van der Waals surface area contributed by atoms with Gasteiger partial charge in [-0.15, -0.1) is 0 Å². The fraction of sp³-hybridized carbons (Fsp3) is 0.359. The molecule has 254 valence electrons. The minimum atomic E-state index is -0.286. The molecule has 6 nitrogen and oxygen atoms in total. The van der Waals surface area contributed by atoms with Crippen molar-refractivity contribution >= 4 is 5.97 Å². The Morgan fingerprint density at radius 2 is 0.556 bits per heavy atom. The molecule has 0 fully saturated rings. The zero-order chi connectivity index (χ0) is 35.6. The summed E-state index contributed by atoms with van der Waals surface area (Å²) in [6.45, 7) is 17.4. The number of methoxy groups -OCH3 is 4. The van der Waals surface area contributed by atoms with Gasteiger partial charge in [0, 0.05) is 21.1 Å². The molecule has 4 rings (SSSR count). The van der Waals surface area contributed by atoms with Gasteiger partial charge in [-0.1, -0.05) is 128 Å². The van der Waals surface area contributed by atoms with Gasteiger partial charge in [0.25, 0.3) is 0 Å². The molecule has 0 radical (unpaired) electrons. The second-order valence-electron chi connectivity index (χ2n) is 6.87. The number of para-hydroxylation sites is 4. The highest BCUT2D eigenvalue weighted by Crippen LogP contribution is 2.08. The summed E-state index contributed by atoms with van der Waals surface area (Å²) in [5.74, 6) is 3.04. The third-order valence-corrected chi connectivity index (χ3v) is 3.94. The van der Waals surface area contributed by atoms with Gasteiger partial charge in [0.15, 0.2) is 0 Å². The third-order valence-electron chi connectivity index (χ3n) is 3.94. The molecule has 0 bridgehead atoms. The molecular formula is C39H62O6. The molecule has 0 N–H and O–H groups in total. The van der Waals surface area contributed by atoms with Gasteiger partial charge in [0.1, 0.15) is 23.0 Å². The number of hydrogen-bond donors (Lipinski definition) is 0. The summed E-state index contributed by atoms with van der Waals surface area (Å²) in [6.07, 6.45) is 0. The van der Waals surface area contributed by atoms with Crippen molar-refractivity contribution < 1.29 is 28.5 Å². The number of rotatable bonds is 4. The molecule has 0 amide bonds. The first-order chi connectivity index (χ1) is 22.0. The zero-order valence-corrected chi connectivity index (χ0v) is 30.5. The van der Waals surface area contributed by atoms with E-state index < -0.39 is 0 Å².